The quantitative estimate of drug-likeness (QED) is 0.275. The lowest BCUT2D eigenvalue weighted by molar-refractivity contribution is -0.119. The highest BCUT2D eigenvalue weighted by Crippen LogP contribution is 2.36. The topological polar surface area (TPSA) is 87.2 Å². The standard InChI is InChI=1S/C28H34ClN5O2S/c1-17-11-23(12-18(2)31-17)33-28(36)25(13-21-7-5-6-8-21)34(16-35)27-10-9-26(37-27)20(4)32-24-14-22(29)15-30-19(24)3/h9-12,14-16,20-21,25,32H,5-8,13H2,1-4H3,(H,31,33,36)/t20-,25-/m0/s1. The molecule has 2 amide bonds. The first kappa shape index (κ1) is 27.1. The predicted octanol–water partition coefficient (Wildman–Crippen LogP) is 6.84. The van der Waals surface area contributed by atoms with E-state index in [1.54, 1.807) is 11.1 Å². The third kappa shape index (κ3) is 6.87. The van der Waals surface area contributed by atoms with Crippen molar-refractivity contribution in [2.45, 2.75) is 71.9 Å². The third-order valence-corrected chi connectivity index (χ3v) is 8.34. The molecule has 3 aromatic heterocycles. The fourth-order valence-electron chi connectivity index (χ4n) is 4.99. The van der Waals surface area contributed by atoms with E-state index in [1.807, 2.05) is 51.1 Å². The second-order valence-electron chi connectivity index (χ2n) is 9.87. The molecule has 0 bridgehead atoms. The summed E-state index contributed by atoms with van der Waals surface area (Å²) in [6.07, 6.45) is 7.59. The summed E-state index contributed by atoms with van der Waals surface area (Å²) < 4.78 is 0. The second kappa shape index (κ2) is 12.0. The van der Waals surface area contributed by atoms with Gasteiger partial charge in [-0.2, -0.15) is 0 Å². The molecule has 1 fully saturated rings. The van der Waals surface area contributed by atoms with Crippen LogP contribution in [0.3, 0.4) is 0 Å². The van der Waals surface area contributed by atoms with Crippen molar-refractivity contribution in [2.75, 3.05) is 15.5 Å². The Hall–Kier alpha value is -2.97. The van der Waals surface area contributed by atoms with Crippen LogP contribution in [0.25, 0.3) is 0 Å². The number of pyridine rings is 2. The van der Waals surface area contributed by atoms with Crippen LogP contribution in [0.2, 0.25) is 5.02 Å². The molecular weight excluding hydrogens is 506 g/mol. The highest BCUT2D eigenvalue weighted by atomic mass is 35.5. The summed E-state index contributed by atoms with van der Waals surface area (Å²) >= 11 is 7.64. The number of hydrogen-bond acceptors (Lipinski definition) is 6. The minimum atomic E-state index is -0.594. The molecule has 1 aliphatic carbocycles. The van der Waals surface area contributed by atoms with Crippen molar-refractivity contribution < 1.29 is 9.59 Å². The van der Waals surface area contributed by atoms with Crippen molar-refractivity contribution in [1.82, 2.24) is 9.97 Å². The Bertz CT molecular complexity index is 1240. The zero-order valence-electron chi connectivity index (χ0n) is 21.8. The number of thiophene rings is 1. The van der Waals surface area contributed by atoms with E-state index in [4.69, 9.17) is 11.6 Å². The highest BCUT2D eigenvalue weighted by molar-refractivity contribution is 7.16. The van der Waals surface area contributed by atoms with E-state index < -0.39 is 6.04 Å². The molecule has 4 rings (SSSR count). The SMILES string of the molecule is Cc1cc(NC(=O)[C@H](CC2CCCC2)N(C=O)c2ccc([C@H](C)Nc3cc(Cl)cnc3C)s2)cc(C)n1. The number of aryl methyl sites for hydroxylation is 3. The Morgan fingerprint density at radius 3 is 2.57 bits per heavy atom. The monoisotopic (exact) mass is 539 g/mol. The number of amides is 2. The first-order valence-corrected chi connectivity index (χ1v) is 13.9. The van der Waals surface area contributed by atoms with Gasteiger partial charge in [-0.1, -0.05) is 37.3 Å². The molecule has 0 aliphatic heterocycles. The molecule has 7 nitrogen and oxygen atoms in total. The molecule has 1 saturated carbocycles. The number of nitrogens with zero attached hydrogens (tertiary/aromatic N) is 3. The van der Waals surface area contributed by atoms with Gasteiger partial charge >= 0.3 is 0 Å². The predicted molar refractivity (Wildman–Crippen MR) is 152 cm³/mol. The van der Waals surface area contributed by atoms with Crippen molar-refractivity contribution in [3.63, 3.8) is 0 Å². The smallest absolute Gasteiger partial charge is 0.247 e. The van der Waals surface area contributed by atoms with Crippen molar-refractivity contribution in [3.8, 4) is 0 Å². The van der Waals surface area contributed by atoms with Gasteiger partial charge in [0.2, 0.25) is 12.3 Å². The van der Waals surface area contributed by atoms with Gasteiger partial charge in [0.1, 0.15) is 6.04 Å². The highest BCUT2D eigenvalue weighted by Gasteiger charge is 2.32. The summed E-state index contributed by atoms with van der Waals surface area (Å²) in [4.78, 5) is 37.4. The van der Waals surface area contributed by atoms with Gasteiger partial charge in [-0.25, -0.2) is 0 Å². The number of anilines is 3. The Morgan fingerprint density at radius 2 is 1.89 bits per heavy atom. The lowest BCUT2D eigenvalue weighted by atomic mass is 9.97. The van der Waals surface area contributed by atoms with Crippen molar-refractivity contribution >= 4 is 51.6 Å². The van der Waals surface area contributed by atoms with E-state index in [2.05, 4.69) is 27.5 Å². The van der Waals surface area contributed by atoms with E-state index in [-0.39, 0.29) is 11.9 Å². The molecule has 3 heterocycles. The van der Waals surface area contributed by atoms with Crippen LogP contribution in [0.15, 0.2) is 36.5 Å². The van der Waals surface area contributed by atoms with Crippen LogP contribution in [0.1, 0.15) is 67.0 Å². The number of hydrogen-bond donors (Lipinski definition) is 2. The fraction of sp³-hybridized carbons (Fsp3) is 0.429. The number of rotatable bonds is 10. The summed E-state index contributed by atoms with van der Waals surface area (Å²) in [5.41, 5.74) is 4.10. The number of carbonyl (C=O) groups excluding carboxylic acids is 2. The van der Waals surface area contributed by atoms with E-state index in [0.717, 1.165) is 51.9 Å². The van der Waals surface area contributed by atoms with Crippen LogP contribution >= 0.6 is 22.9 Å². The van der Waals surface area contributed by atoms with Crippen LogP contribution < -0.4 is 15.5 Å². The largest absolute Gasteiger partial charge is 0.376 e. The summed E-state index contributed by atoms with van der Waals surface area (Å²) in [5.74, 6) is 0.253. The molecule has 2 atom stereocenters. The molecule has 0 unspecified atom stereocenters. The molecule has 2 N–H and O–H groups in total. The van der Waals surface area contributed by atoms with Gasteiger partial charge in [-0.3, -0.25) is 24.5 Å². The van der Waals surface area contributed by atoms with Crippen molar-refractivity contribution in [2.24, 2.45) is 5.92 Å². The molecule has 3 aromatic rings. The van der Waals surface area contributed by atoms with Crippen LogP contribution in [0.5, 0.6) is 0 Å². The number of carbonyl (C=O) groups is 2. The number of aromatic nitrogens is 2. The summed E-state index contributed by atoms with van der Waals surface area (Å²) in [6, 6.07) is 8.86. The Labute approximate surface area is 227 Å². The van der Waals surface area contributed by atoms with Gasteiger partial charge in [-0.05, 0) is 70.4 Å². The van der Waals surface area contributed by atoms with E-state index >= 15 is 0 Å². The Morgan fingerprint density at radius 1 is 1.19 bits per heavy atom. The van der Waals surface area contributed by atoms with Gasteiger partial charge in [0.25, 0.3) is 0 Å². The summed E-state index contributed by atoms with van der Waals surface area (Å²) in [5, 5.41) is 7.83. The van der Waals surface area contributed by atoms with E-state index in [0.29, 0.717) is 23.0 Å². The van der Waals surface area contributed by atoms with Gasteiger partial charge in [-0.15, -0.1) is 11.3 Å². The van der Waals surface area contributed by atoms with E-state index in [9.17, 15) is 9.59 Å². The Balaban J connectivity index is 1.56. The lowest BCUT2D eigenvalue weighted by Crippen LogP contribution is -2.44. The minimum Gasteiger partial charge on any atom is -0.376 e. The van der Waals surface area contributed by atoms with Crippen LogP contribution in [0, 0.1) is 26.7 Å². The Kier molecular flexibility index (Phi) is 8.82. The van der Waals surface area contributed by atoms with Crippen LogP contribution in [-0.4, -0.2) is 28.3 Å². The van der Waals surface area contributed by atoms with Crippen LogP contribution in [-0.2, 0) is 9.59 Å². The molecule has 1 aliphatic rings. The average Bonchev–Trinajstić information content (AvgIpc) is 3.53. The van der Waals surface area contributed by atoms with Crippen LogP contribution in [0.4, 0.5) is 16.4 Å². The lowest BCUT2D eigenvalue weighted by Gasteiger charge is -2.28. The third-order valence-electron chi connectivity index (χ3n) is 6.85. The zero-order chi connectivity index (χ0) is 26.5. The maximum Gasteiger partial charge on any atom is 0.247 e. The second-order valence-corrected chi connectivity index (χ2v) is 11.4. The maximum atomic E-state index is 13.6. The molecule has 9 heteroatoms. The summed E-state index contributed by atoms with van der Waals surface area (Å²) in [7, 11) is 0. The molecule has 0 radical (unpaired) electrons. The average molecular weight is 540 g/mol. The van der Waals surface area contributed by atoms with Gasteiger partial charge in [0, 0.05) is 28.1 Å². The minimum absolute atomic E-state index is 0.0314. The molecule has 0 spiro atoms. The molecule has 37 heavy (non-hydrogen) atoms. The summed E-state index contributed by atoms with van der Waals surface area (Å²) in [6.45, 7) is 7.79. The first-order valence-electron chi connectivity index (χ1n) is 12.7. The van der Waals surface area contributed by atoms with Crippen molar-refractivity contribution in [1.29, 1.82) is 0 Å². The van der Waals surface area contributed by atoms with E-state index in [1.165, 1.54) is 24.2 Å². The maximum absolute atomic E-state index is 13.6. The molecule has 0 aromatic carbocycles. The molecule has 0 saturated heterocycles. The van der Waals surface area contributed by atoms with Gasteiger partial charge in [0.15, 0.2) is 0 Å². The first-order chi connectivity index (χ1) is 17.7. The fourth-order valence-corrected chi connectivity index (χ4v) is 6.17. The van der Waals surface area contributed by atoms with Gasteiger partial charge in [0.05, 0.1) is 27.4 Å². The molecule has 196 valence electrons. The molecular formula is C28H34ClN5O2S. The van der Waals surface area contributed by atoms with Gasteiger partial charge < -0.3 is 10.6 Å². The van der Waals surface area contributed by atoms with Crippen molar-refractivity contribution in [3.05, 3.63) is 63.5 Å². The number of nitrogens with one attached hydrogen (secondary N) is 2. The normalized spacial score (nSPS) is 15.3. The number of halogens is 1. The zero-order valence-corrected chi connectivity index (χ0v) is 23.3.